The minimum Gasteiger partial charge on any atom is -0.309 e. The Hall–Kier alpha value is -0.900. The highest BCUT2D eigenvalue weighted by atomic mass is 35.5. The molecule has 2 aromatic rings. The largest absolute Gasteiger partial charge is 0.309 e. The lowest BCUT2D eigenvalue weighted by Crippen LogP contribution is -2.24. The summed E-state index contributed by atoms with van der Waals surface area (Å²) in [5, 5.41) is 4.47. The monoisotopic (exact) mass is 308 g/mol. The van der Waals surface area contributed by atoms with Crippen molar-refractivity contribution < 1.29 is 0 Å². The second kappa shape index (κ2) is 7.21. The Labute approximate surface area is 130 Å². The van der Waals surface area contributed by atoms with Gasteiger partial charge in [-0.1, -0.05) is 30.7 Å². The summed E-state index contributed by atoms with van der Waals surface area (Å²) in [6.45, 7) is 7.33. The summed E-state index contributed by atoms with van der Waals surface area (Å²) < 4.78 is 0. The smallest absolute Gasteiger partial charge is 0.0798 e. The molecule has 0 saturated heterocycles. The van der Waals surface area contributed by atoms with Crippen LogP contribution in [0.1, 0.15) is 41.1 Å². The summed E-state index contributed by atoms with van der Waals surface area (Å²) in [6, 6.07) is 6.59. The van der Waals surface area contributed by atoms with Crippen LogP contribution in [0.2, 0.25) is 5.02 Å². The predicted octanol–water partition coefficient (Wildman–Crippen LogP) is 4.70. The first-order valence-corrected chi connectivity index (χ1v) is 8.26. The summed E-state index contributed by atoms with van der Waals surface area (Å²) in [4.78, 5) is 5.68. The van der Waals surface area contributed by atoms with Crippen LogP contribution in [0.25, 0.3) is 0 Å². The molecule has 1 heterocycles. The zero-order chi connectivity index (χ0) is 14.5. The highest BCUT2D eigenvalue weighted by molar-refractivity contribution is 7.09. The maximum absolute atomic E-state index is 6.37. The molecule has 108 valence electrons. The topological polar surface area (TPSA) is 24.9 Å². The van der Waals surface area contributed by atoms with Crippen LogP contribution in [0.5, 0.6) is 0 Å². The van der Waals surface area contributed by atoms with Crippen LogP contribution < -0.4 is 5.32 Å². The number of rotatable bonds is 6. The molecule has 0 fully saturated rings. The van der Waals surface area contributed by atoms with Gasteiger partial charge in [0.15, 0.2) is 0 Å². The summed E-state index contributed by atoms with van der Waals surface area (Å²) in [5.41, 5.74) is 5.43. The third kappa shape index (κ3) is 3.81. The molecule has 0 amide bonds. The van der Waals surface area contributed by atoms with Crippen molar-refractivity contribution in [1.29, 1.82) is 0 Å². The minimum atomic E-state index is 0.294. The molecule has 0 bridgehead atoms. The van der Waals surface area contributed by atoms with Gasteiger partial charge in [0.25, 0.3) is 0 Å². The quantitative estimate of drug-likeness (QED) is 0.837. The molecule has 2 nitrogen and oxygen atoms in total. The number of thiazole rings is 1. The average molecular weight is 309 g/mol. The molecular formula is C16H21ClN2S. The summed E-state index contributed by atoms with van der Waals surface area (Å²) in [5.74, 6) is 0. The number of aromatic nitrogens is 1. The van der Waals surface area contributed by atoms with E-state index in [2.05, 4.69) is 43.2 Å². The summed E-state index contributed by atoms with van der Waals surface area (Å²) >= 11 is 8.09. The van der Waals surface area contributed by atoms with Gasteiger partial charge in [0.1, 0.15) is 0 Å². The van der Waals surface area contributed by atoms with Crippen molar-refractivity contribution in [1.82, 2.24) is 10.3 Å². The Morgan fingerprint density at radius 3 is 2.75 bits per heavy atom. The van der Waals surface area contributed by atoms with Crippen molar-refractivity contribution in [3.63, 3.8) is 0 Å². The van der Waals surface area contributed by atoms with Crippen molar-refractivity contribution in [2.24, 2.45) is 0 Å². The van der Waals surface area contributed by atoms with E-state index in [4.69, 9.17) is 11.6 Å². The molecule has 0 spiro atoms. The second-order valence-corrected chi connectivity index (χ2v) is 6.40. The first-order valence-electron chi connectivity index (χ1n) is 7.00. The molecule has 4 heteroatoms. The van der Waals surface area contributed by atoms with Crippen LogP contribution >= 0.6 is 22.9 Å². The molecule has 2 rings (SSSR count). The average Bonchev–Trinajstić information content (AvgIpc) is 2.83. The molecule has 0 aliphatic heterocycles. The fourth-order valence-electron chi connectivity index (χ4n) is 2.26. The Bertz CT molecular complexity index is 565. The van der Waals surface area contributed by atoms with E-state index in [9.17, 15) is 0 Å². The van der Waals surface area contributed by atoms with Gasteiger partial charge in [-0.2, -0.15) is 0 Å². The van der Waals surface area contributed by atoms with Crippen LogP contribution in [0.3, 0.4) is 0 Å². The van der Waals surface area contributed by atoms with Crippen LogP contribution in [0, 0.1) is 13.8 Å². The number of nitrogens with zero attached hydrogens (tertiary/aromatic N) is 1. The van der Waals surface area contributed by atoms with Gasteiger partial charge in [-0.25, -0.2) is 4.98 Å². The van der Waals surface area contributed by atoms with Gasteiger partial charge in [0.05, 0.1) is 11.2 Å². The van der Waals surface area contributed by atoms with Crippen LogP contribution in [-0.4, -0.2) is 11.5 Å². The molecule has 1 atom stereocenters. The highest BCUT2D eigenvalue weighted by Gasteiger charge is 2.17. The predicted molar refractivity (Wildman–Crippen MR) is 87.8 cm³/mol. The van der Waals surface area contributed by atoms with Gasteiger partial charge >= 0.3 is 0 Å². The van der Waals surface area contributed by atoms with Crippen LogP contribution in [0.15, 0.2) is 23.7 Å². The zero-order valence-corrected chi connectivity index (χ0v) is 13.8. The Kier molecular flexibility index (Phi) is 5.58. The fraction of sp³-hybridized carbons (Fsp3) is 0.438. The van der Waals surface area contributed by atoms with Gasteiger partial charge in [0.2, 0.25) is 0 Å². The van der Waals surface area contributed by atoms with Crippen molar-refractivity contribution in [3.05, 3.63) is 50.4 Å². The number of halogens is 1. The van der Waals surface area contributed by atoms with E-state index in [-0.39, 0.29) is 0 Å². The highest BCUT2D eigenvalue weighted by Crippen LogP contribution is 2.28. The number of aryl methyl sites for hydroxylation is 2. The van der Waals surface area contributed by atoms with E-state index in [1.165, 1.54) is 16.0 Å². The Balaban J connectivity index is 2.21. The third-order valence-corrected chi connectivity index (χ3v) is 4.77. The second-order valence-electron chi connectivity index (χ2n) is 5.11. The lowest BCUT2D eigenvalue weighted by molar-refractivity contribution is 0.534. The molecule has 0 aliphatic rings. The molecule has 1 aromatic heterocycles. The molecular weight excluding hydrogens is 288 g/mol. The number of hydrogen-bond acceptors (Lipinski definition) is 3. The molecule has 0 aliphatic carbocycles. The van der Waals surface area contributed by atoms with Crippen LogP contribution in [-0.2, 0) is 6.42 Å². The van der Waals surface area contributed by atoms with Gasteiger partial charge in [-0.15, -0.1) is 11.3 Å². The number of hydrogen-bond donors (Lipinski definition) is 1. The normalized spacial score (nSPS) is 12.6. The van der Waals surface area contributed by atoms with Gasteiger partial charge in [-0.05, 0) is 50.4 Å². The van der Waals surface area contributed by atoms with E-state index >= 15 is 0 Å². The number of benzene rings is 1. The zero-order valence-electron chi connectivity index (χ0n) is 12.2. The van der Waals surface area contributed by atoms with Crippen molar-refractivity contribution in [3.8, 4) is 0 Å². The van der Waals surface area contributed by atoms with Crippen LogP contribution in [0.4, 0.5) is 0 Å². The van der Waals surface area contributed by atoms with Gasteiger partial charge < -0.3 is 5.32 Å². The van der Waals surface area contributed by atoms with E-state index in [0.29, 0.717) is 6.04 Å². The standard InChI is InChI=1S/C16H21ClN2S/c1-4-7-18-15(16-12(3)19-10-20-16)9-13-6-5-11(2)8-14(13)17/h5-6,8,10,15,18H,4,7,9H2,1-3H3. The maximum atomic E-state index is 6.37. The first-order chi connectivity index (χ1) is 9.61. The summed E-state index contributed by atoms with van der Waals surface area (Å²) in [6.07, 6.45) is 2.03. The summed E-state index contributed by atoms with van der Waals surface area (Å²) in [7, 11) is 0. The first kappa shape index (κ1) is 15.5. The van der Waals surface area contributed by atoms with E-state index in [1.54, 1.807) is 11.3 Å². The fourth-order valence-corrected chi connectivity index (χ4v) is 3.45. The maximum Gasteiger partial charge on any atom is 0.0798 e. The molecule has 20 heavy (non-hydrogen) atoms. The van der Waals surface area contributed by atoms with Crippen molar-refractivity contribution in [2.75, 3.05) is 6.54 Å². The molecule has 0 saturated carbocycles. The number of nitrogens with one attached hydrogen (secondary N) is 1. The molecule has 0 radical (unpaired) electrons. The van der Waals surface area contributed by atoms with Gasteiger partial charge in [-0.3, -0.25) is 0 Å². The lowest BCUT2D eigenvalue weighted by atomic mass is 10.0. The van der Waals surface area contributed by atoms with Crippen molar-refractivity contribution in [2.45, 2.75) is 39.7 Å². The van der Waals surface area contributed by atoms with E-state index < -0.39 is 0 Å². The molecule has 1 N–H and O–H groups in total. The molecule has 1 unspecified atom stereocenters. The minimum absolute atomic E-state index is 0.294. The Morgan fingerprint density at radius 1 is 1.35 bits per heavy atom. The van der Waals surface area contributed by atoms with Crippen molar-refractivity contribution >= 4 is 22.9 Å². The Morgan fingerprint density at radius 2 is 2.15 bits per heavy atom. The van der Waals surface area contributed by atoms with E-state index in [0.717, 1.165) is 30.1 Å². The van der Waals surface area contributed by atoms with E-state index in [1.807, 2.05) is 11.6 Å². The third-order valence-electron chi connectivity index (χ3n) is 3.37. The van der Waals surface area contributed by atoms with Gasteiger partial charge in [0, 0.05) is 15.9 Å². The SMILES string of the molecule is CCCNC(Cc1ccc(C)cc1Cl)c1scnc1C. The lowest BCUT2D eigenvalue weighted by Gasteiger charge is -2.19. The molecule has 1 aromatic carbocycles.